The SMILES string of the molecule is CNc1nc(N2CCOCC2)nc(N2CCOCC2)c1N=Nc1c(C#N)cnn1-c1ncccn1. The Labute approximate surface area is 201 Å². The Balaban J connectivity index is 1.59. The Morgan fingerprint density at radius 1 is 0.943 bits per heavy atom. The molecule has 2 aliphatic heterocycles. The number of ether oxygens (including phenoxy) is 2. The molecule has 3 aromatic heterocycles. The molecular weight excluding hydrogens is 452 g/mol. The number of nitrogens with one attached hydrogen (secondary N) is 1. The Bertz CT molecular complexity index is 1230. The van der Waals surface area contributed by atoms with Gasteiger partial charge in [0.25, 0.3) is 5.95 Å². The standard InChI is InChI=1S/C21H24N12O2/c1-23-17-16(29-30-18-15(13-22)14-26-33(18)20-24-3-2-4-25-20)19(31-5-9-34-10-6-31)28-21(27-17)32-7-11-35-12-8-32/h2-4,14H,5-12H2,1H3,(H,23,27,28). The van der Waals surface area contributed by atoms with E-state index in [2.05, 4.69) is 46.5 Å². The lowest BCUT2D eigenvalue weighted by molar-refractivity contribution is 0.121. The molecule has 0 bridgehead atoms. The summed E-state index contributed by atoms with van der Waals surface area (Å²) in [5, 5.41) is 25.9. The van der Waals surface area contributed by atoms with E-state index in [4.69, 9.17) is 19.4 Å². The van der Waals surface area contributed by atoms with Crippen molar-refractivity contribution in [3.63, 3.8) is 0 Å². The van der Waals surface area contributed by atoms with E-state index in [9.17, 15) is 5.26 Å². The number of aromatic nitrogens is 6. The van der Waals surface area contributed by atoms with Gasteiger partial charge < -0.3 is 24.6 Å². The van der Waals surface area contributed by atoms with Crippen molar-refractivity contribution >= 4 is 29.1 Å². The van der Waals surface area contributed by atoms with Gasteiger partial charge in [0.15, 0.2) is 23.1 Å². The van der Waals surface area contributed by atoms with Crippen LogP contribution in [-0.4, -0.2) is 89.4 Å². The maximum atomic E-state index is 9.60. The van der Waals surface area contributed by atoms with Crippen LogP contribution in [0.4, 0.5) is 29.1 Å². The van der Waals surface area contributed by atoms with E-state index in [-0.39, 0.29) is 17.3 Å². The molecule has 0 spiro atoms. The molecular formula is C21H24N12O2. The molecule has 2 aliphatic rings. The number of hydrogen-bond acceptors (Lipinski definition) is 13. The van der Waals surface area contributed by atoms with Crippen LogP contribution in [0.1, 0.15) is 5.56 Å². The summed E-state index contributed by atoms with van der Waals surface area (Å²) >= 11 is 0. The Hall–Kier alpha value is -4.22. The van der Waals surface area contributed by atoms with Crippen molar-refractivity contribution in [3.8, 4) is 12.0 Å². The summed E-state index contributed by atoms with van der Waals surface area (Å²) in [7, 11) is 1.77. The maximum absolute atomic E-state index is 9.60. The minimum absolute atomic E-state index is 0.214. The summed E-state index contributed by atoms with van der Waals surface area (Å²) in [5.41, 5.74) is 0.697. The molecule has 0 atom stereocenters. The summed E-state index contributed by atoms with van der Waals surface area (Å²) in [4.78, 5) is 22.2. The van der Waals surface area contributed by atoms with Gasteiger partial charge in [0.1, 0.15) is 11.6 Å². The van der Waals surface area contributed by atoms with Crippen LogP contribution in [0.15, 0.2) is 34.9 Å². The summed E-state index contributed by atoms with van der Waals surface area (Å²) in [6.07, 6.45) is 4.58. The first kappa shape index (κ1) is 22.6. The number of nitrogens with zero attached hydrogens (tertiary/aromatic N) is 11. The summed E-state index contributed by atoms with van der Waals surface area (Å²) in [6.45, 7) is 5.12. The van der Waals surface area contributed by atoms with E-state index < -0.39 is 0 Å². The third-order valence-corrected chi connectivity index (χ3v) is 5.55. The number of nitriles is 1. The molecule has 180 valence electrons. The van der Waals surface area contributed by atoms with Crippen LogP contribution in [0.5, 0.6) is 0 Å². The van der Waals surface area contributed by atoms with Crippen molar-refractivity contribution in [3.05, 3.63) is 30.2 Å². The summed E-state index contributed by atoms with van der Waals surface area (Å²) < 4.78 is 12.4. The molecule has 0 aliphatic carbocycles. The third kappa shape index (κ3) is 4.72. The second-order valence-corrected chi connectivity index (χ2v) is 7.65. The lowest BCUT2D eigenvalue weighted by Crippen LogP contribution is -2.39. The normalized spacial score (nSPS) is 16.5. The number of hydrogen-bond donors (Lipinski definition) is 1. The van der Waals surface area contributed by atoms with Gasteiger partial charge in [0, 0.05) is 45.6 Å². The van der Waals surface area contributed by atoms with E-state index in [0.29, 0.717) is 75.9 Å². The Morgan fingerprint density at radius 2 is 1.63 bits per heavy atom. The minimum Gasteiger partial charge on any atom is -0.378 e. The second kappa shape index (κ2) is 10.4. The number of rotatable bonds is 6. The van der Waals surface area contributed by atoms with Crippen LogP contribution < -0.4 is 15.1 Å². The molecule has 35 heavy (non-hydrogen) atoms. The molecule has 3 aromatic rings. The molecule has 0 saturated carbocycles. The van der Waals surface area contributed by atoms with Crippen LogP contribution in [0.3, 0.4) is 0 Å². The topological polar surface area (TPSA) is 155 Å². The van der Waals surface area contributed by atoms with Gasteiger partial charge in [0.05, 0.1) is 32.6 Å². The fourth-order valence-electron chi connectivity index (χ4n) is 3.76. The molecule has 1 N–H and O–H groups in total. The van der Waals surface area contributed by atoms with E-state index in [1.807, 2.05) is 0 Å². The number of morpholine rings is 2. The van der Waals surface area contributed by atoms with Crippen LogP contribution >= 0.6 is 0 Å². The highest BCUT2D eigenvalue weighted by atomic mass is 16.5. The predicted molar refractivity (Wildman–Crippen MR) is 126 cm³/mol. The van der Waals surface area contributed by atoms with Crippen LogP contribution in [-0.2, 0) is 9.47 Å². The lowest BCUT2D eigenvalue weighted by atomic mass is 10.3. The van der Waals surface area contributed by atoms with Crippen molar-refractivity contribution in [1.82, 2.24) is 29.7 Å². The van der Waals surface area contributed by atoms with Gasteiger partial charge in [-0.25, -0.2) is 9.97 Å². The highest BCUT2D eigenvalue weighted by molar-refractivity contribution is 5.76. The fraction of sp³-hybridized carbons (Fsp3) is 0.429. The van der Waals surface area contributed by atoms with E-state index in [0.717, 1.165) is 0 Å². The molecule has 14 nitrogen and oxygen atoms in total. The number of azo groups is 1. The highest BCUT2D eigenvalue weighted by Gasteiger charge is 2.25. The molecule has 2 saturated heterocycles. The average Bonchev–Trinajstić information content (AvgIpc) is 3.35. The van der Waals surface area contributed by atoms with Gasteiger partial charge >= 0.3 is 0 Å². The molecule has 5 rings (SSSR count). The van der Waals surface area contributed by atoms with Crippen LogP contribution in [0, 0.1) is 11.3 Å². The maximum Gasteiger partial charge on any atom is 0.252 e. The third-order valence-electron chi connectivity index (χ3n) is 5.55. The lowest BCUT2D eigenvalue weighted by Gasteiger charge is -2.31. The predicted octanol–water partition coefficient (Wildman–Crippen LogP) is 1.45. The minimum atomic E-state index is 0.214. The van der Waals surface area contributed by atoms with Gasteiger partial charge in [-0.1, -0.05) is 0 Å². The first-order valence-electron chi connectivity index (χ1n) is 11.2. The van der Waals surface area contributed by atoms with Crippen molar-refractivity contribution in [2.24, 2.45) is 10.2 Å². The van der Waals surface area contributed by atoms with Gasteiger partial charge in [-0.3, -0.25) is 0 Å². The second-order valence-electron chi connectivity index (χ2n) is 7.65. The van der Waals surface area contributed by atoms with Gasteiger partial charge in [-0.2, -0.15) is 25.0 Å². The van der Waals surface area contributed by atoms with Gasteiger partial charge in [-0.15, -0.1) is 10.2 Å². The molecule has 2 fully saturated rings. The van der Waals surface area contributed by atoms with Crippen molar-refractivity contribution in [1.29, 1.82) is 5.26 Å². The first-order valence-corrected chi connectivity index (χ1v) is 11.2. The molecule has 5 heterocycles. The number of anilines is 3. The molecule has 0 aromatic carbocycles. The molecule has 14 heteroatoms. The van der Waals surface area contributed by atoms with Crippen molar-refractivity contribution in [2.75, 3.05) is 74.8 Å². The highest BCUT2D eigenvalue weighted by Crippen LogP contribution is 2.37. The van der Waals surface area contributed by atoms with Crippen molar-refractivity contribution < 1.29 is 9.47 Å². The van der Waals surface area contributed by atoms with E-state index in [1.165, 1.54) is 10.9 Å². The zero-order chi connectivity index (χ0) is 24.0. The van der Waals surface area contributed by atoms with Gasteiger partial charge in [-0.05, 0) is 6.07 Å². The van der Waals surface area contributed by atoms with Crippen LogP contribution in [0.25, 0.3) is 5.95 Å². The zero-order valence-corrected chi connectivity index (χ0v) is 19.2. The summed E-state index contributed by atoms with van der Waals surface area (Å²) in [6, 6.07) is 3.79. The Morgan fingerprint density at radius 3 is 2.29 bits per heavy atom. The quantitative estimate of drug-likeness (QED) is 0.514. The van der Waals surface area contributed by atoms with E-state index >= 15 is 0 Å². The summed E-state index contributed by atoms with van der Waals surface area (Å²) in [5.74, 6) is 2.25. The molecule has 0 unspecified atom stereocenters. The monoisotopic (exact) mass is 476 g/mol. The van der Waals surface area contributed by atoms with Gasteiger partial charge in [0.2, 0.25) is 5.95 Å². The molecule has 0 amide bonds. The first-order chi connectivity index (χ1) is 17.3. The Kier molecular flexibility index (Phi) is 6.68. The molecule has 0 radical (unpaired) electrons. The van der Waals surface area contributed by atoms with E-state index in [1.54, 1.807) is 25.5 Å². The largest absolute Gasteiger partial charge is 0.378 e. The van der Waals surface area contributed by atoms with Crippen molar-refractivity contribution in [2.45, 2.75) is 0 Å². The van der Waals surface area contributed by atoms with Crippen LogP contribution in [0.2, 0.25) is 0 Å². The fourth-order valence-corrected chi connectivity index (χ4v) is 3.76. The smallest absolute Gasteiger partial charge is 0.252 e. The average molecular weight is 477 g/mol. The zero-order valence-electron chi connectivity index (χ0n) is 19.2.